The van der Waals surface area contributed by atoms with Gasteiger partial charge in [0, 0.05) is 32.2 Å². The Labute approximate surface area is 172 Å². The first-order valence-electron chi connectivity index (χ1n) is 10.7. The van der Waals surface area contributed by atoms with E-state index in [1.807, 2.05) is 23.1 Å². The summed E-state index contributed by atoms with van der Waals surface area (Å²) in [5, 5.41) is 10.3. The first kappa shape index (κ1) is 20.8. The molecule has 4 atom stereocenters. The van der Waals surface area contributed by atoms with Gasteiger partial charge in [-0.3, -0.25) is 9.69 Å². The van der Waals surface area contributed by atoms with Crippen LogP contribution in [0, 0.1) is 0 Å². The average molecular weight is 405 g/mol. The number of benzene rings is 1. The standard InChI is InChI=1S/C22H32N2O5/c25-18-14-24(13-17-4-2-1-3-5-17)20-7-6-19(29-21(20)16-28-15-18)12-22(26)23-8-10-27-11-9-23/h1-5,18-21,25H,6-16H2/t18-,19-,20-,21+/m1/s1. The number of aliphatic hydroxyl groups is 1. The Balaban J connectivity index is 1.39. The quantitative estimate of drug-likeness (QED) is 0.809. The van der Waals surface area contributed by atoms with Crippen molar-refractivity contribution in [1.29, 1.82) is 0 Å². The molecule has 3 heterocycles. The number of ether oxygens (including phenoxy) is 3. The van der Waals surface area contributed by atoms with Crippen LogP contribution in [-0.2, 0) is 25.5 Å². The second-order valence-electron chi connectivity index (χ2n) is 8.24. The van der Waals surface area contributed by atoms with Crippen molar-refractivity contribution in [2.24, 2.45) is 0 Å². The summed E-state index contributed by atoms with van der Waals surface area (Å²) in [6.07, 6.45) is 1.55. The summed E-state index contributed by atoms with van der Waals surface area (Å²) in [7, 11) is 0. The van der Waals surface area contributed by atoms with E-state index in [0.717, 1.165) is 19.4 Å². The van der Waals surface area contributed by atoms with Gasteiger partial charge in [-0.1, -0.05) is 30.3 Å². The van der Waals surface area contributed by atoms with Crippen molar-refractivity contribution in [2.45, 2.75) is 50.2 Å². The third kappa shape index (κ3) is 5.55. The van der Waals surface area contributed by atoms with Gasteiger partial charge in [0.25, 0.3) is 0 Å². The van der Waals surface area contributed by atoms with Crippen molar-refractivity contribution in [3.05, 3.63) is 35.9 Å². The minimum absolute atomic E-state index is 0.0712. The molecule has 3 aliphatic rings. The van der Waals surface area contributed by atoms with Gasteiger partial charge in [0.05, 0.1) is 51.2 Å². The number of amides is 1. The molecule has 1 aromatic rings. The molecule has 3 aliphatic heterocycles. The minimum Gasteiger partial charge on any atom is -0.389 e. The number of carbonyl (C=O) groups excluding carboxylic acids is 1. The van der Waals surface area contributed by atoms with Gasteiger partial charge in [0.2, 0.25) is 5.91 Å². The maximum absolute atomic E-state index is 12.6. The van der Waals surface area contributed by atoms with Crippen LogP contribution in [0.25, 0.3) is 0 Å². The van der Waals surface area contributed by atoms with Gasteiger partial charge >= 0.3 is 0 Å². The molecule has 0 saturated carbocycles. The molecule has 0 radical (unpaired) electrons. The zero-order valence-corrected chi connectivity index (χ0v) is 16.9. The van der Waals surface area contributed by atoms with Crippen LogP contribution in [0.4, 0.5) is 0 Å². The molecule has 7 nitrogen and oxygen atoms in total. The number of rotatable bonds is 4. The number of β-amino-alcohol motifs (C(OH)–C–C–N with tert-alkyl or cyclic N) is 1. The van der Waals surface area contributed by atoms with Gasteiger partial charge in [-0.2, -0.15) is 0 Å². The van der Waals surface area contributed by atoms with E-state index in [9.17, 15) is 9.90 Å². The molecule has 0 unspecified atom stereocenters. The monoisotopic (exact) mass is 404 g/mol. The summed E-state index contributed by atoms with van der Waals surface area (Å²) < 4.78 is 17.4. The number of fused-ring (bicyclic) bond motifs is 1. The Bertz CT molecular complexity index is 652. The molecule has 4 rings (SSSR count). The van der Waals surface area contributed by atoms with Crippen molar-refractivity contribution >= 4 is 5.91 Å². The summed E-state index contributed by atoms with van der Waals surface area (Å²) in [6.45, 7) is 4.69. The van der Waals surface area contributed by atoms with E-state index in [1.165, 1.54) is 5.56 Å². The highest BCUT2D eigenvalue weighted by atomic mass is 16.5. The number of morpholine rings is 1. The Morgan fingerprint density at radius 1 is 1.07 bits per heavy atom. The summed E-state index contributed by atoms with van der Waals surface area (Å²) in [5.74, 6) is 0.153. The molecule has 0 bridgehead atoms. The molecular weight excluding hydrogens is 372 g/mol. The minimum atomic E-state index is -0.500. The SMILES string of the molecule is O=C(C[C@H]1CC[C@@H]2[C@H](COC[C@H](O)CN2Cc2ccccc2)O1)N1CCOCC1. The smallest absolute Gasteiger partial charge is 0.225 e. The Morgan fingerprint density at radius 2 is 1.86 bits per heavy atom. The predicted molar refractivity (Wildman–Crippen MR) is 107 cm³/mol. The van der Waals surface area contributed by atoms with E-state index in [4.69, 9.17) is 14.2 Å². The van der Waals surface area contributed by atoms with Crippen molar-refractivity contribution in [1.82, 2.24) is 9.80 Å². The lowest BCUT2D eigenvalue weighted by atomic mass is 9.94. The van der Waals surface area contributed by atoms with Gasteiger partial charge < -0.3 is 24.2 Å². The summed E-state index contributed by atoms with van der Waals surface area (Å²) in [4.78, 5) is 16.8. The van der Waals surface area contributed by atoms with E-state index in [-0.39, 0.29) is 24.2 Å². The van der Waals surface area contributed by atoms with Crippen LogP contribution >= 0.6 is 0 Å². The third-order valence-corrected chi connectivity index (χ3v) is 6.08. The normalized spacial score (nSPS) is 31.6. The van der Waals surface area contributed by atoms with Crippen LogP contribution in [0.15, 0.2) is 30.3 Å². The van der Waals surface area contributed by atoms with Crippen LogP contribution < -0.4 is 0 Å². The number of nitrogens with zero attached hydrogens (tertiary/aromatic N) is 2. The summed E-state index contributed by atoms with van der Waals surface area (Å²) >= 11 is 0. The van der Waals surface area contributed by atoms with Crippen LogP contribution in [0.1, 0.15) is 24.8 Å². The second kappa shape index (κ2) is 10.00. The van der Waals surface area contributed by atoms with Crippen LogP contribution in [0.3, 0.4) is 0 Å². The first-order chi connectivity index (χ1) is 14.2. The van der Waals surface area contributed by atoms with E-state index in [0.29, 0.717) is 52.5 Å². The fraction of sp³-hybridized carbons (Fsp3) is 0.682. The molecule has 0 aromatic heterocycles. The summed E-state index contributed by atoms with van der Waals surface area (Å²) in [5.41, 5.74) is 1.23. The fourth-order valence-electron chi connectivity index (χ4n) is 4.58. The lowest BCUT2D eigenvalue weighted by Crippen LogP contribution is -2.55. The third-order valence-electron chi connectivity index (χ3n) is 6.08. The first-order valence-corrected chi connectivity index (χ1v) is 10.7. The molecule has 1 aromatic carbocycles. The Kier molecular flexibility index (Phi) is 7.15. The van der Waals surface area contributed by atoms with E-state index in [2.05, 4.69) is 17.0 Å². The molecule has 0 aliphatic carbocycles. The molecule has 160 valence electrons. The van der Waals surface area contributed by atoms with Gasteiger partial charge in [-0.05, 0) is 18.4 Å². The number of carbonyl (C=O) groups is 1. The molecule has 29 heavy (non-hydrogen) atoms. The highest BCUT2D eigenvalue weighted by Crippen LogP contribution is 2.29. The second-order valence-corrected chi connectivity index (χ2v) is 8.24. The average Bonchev–Trinajstić information content (AvgIpc) is 2.74. The molecule has 3 fully saturated rings. The molecule has 3 saturated heterocycles. The Hall–Kier alpha value is -1.51. The maximum Gasteiger partial charge on any atom is 0.225 e. The van der Waals surface area contributed by atoms with Crippen molar-refractivity contribution in [2.75, 3.05) is 46.1 Å². The lowest BCUT2D eigenvalue weighted by molar-refractivity contribution is -0.162. The van der Waals surface area contributed by atoms with Gasteiger partial charge in [-0.15, -0.1) is 0 Å². The lowest BCUT2D eigenvalue weighted by Gasteiger charge is -2.44. The van der Waals surface area contributed by atoms with Gasteiger partial charge in [-0.25, -0.2) is 0 Å². The topological polar surface area (TPSA) is 71.5 Å². The highest BCUT2D eigenvalue weighted by Gasteiger charge is 2.38. The zero-order chi connectivity index (χ0) is 20.1. The van der Waals surface area contributed by atoms with E-state index < -0.39 is 6.10 Å². The number of hydrogen-bond donors (Lipinski definition) is 1. The predicted octanol–water partition coefficient (Wildman–Crippen LogP) is 1.04. The molecule has 0 spiro atoms. The van der Waals surface area contributed by atoms with E-state index >= 15 is 0 Å². The molecule has 1 N–H and O–H groups in total. The largest absolute Gasteiger partial charge is 0.389 e. The molecule has 7 heteroatoms. The highest BCUT2D eigenvalue weighted by molar-refractivity contribution is 5.76. The number of aliphatic hydroxyl groups excluding tert-OH is 1. The van der Waals surface area contributed by atoms with E-state index in [1.54, 1.807) is 0 Å². The Morgan fingerprint density at radius 3 is 2.66 bits per heavy atom. The van der Waals surface area contributed by atoms with Crippen molar-refractivity contribution < 1.29 is 24.1 Å². The van der Waals surface area contributed by atoms with Gasteiger partial charge in [0.1, 0.15) is 0 Å². The van der Waals surface area contributed by atoms with Crippen LogP contribution in [-0.4, -0.2) is 91.2 Å². The van der Waals surface area contributed by atoms with Crippen molar-refractivity contribution in [3.63, 3.8) is 0 Å². The van der Waals surface area contributed by atoms with Crippen LogP contribution in [0.2, 0.25) is 0 Å². The number of hydrogen-bond acceptors (Lipinski definition) is 6. The molecular formula is C22H32N2O5. The molecule has 1 amide bonds. The summed E-state index contributed by atoms with van der Waals surface area (Å²) in [6, 6.07) is 10.5. The van der Waals surface area contributed by atoms with Crippen molar-refractivity contribution in [3.8, 4) is 0 Å². The zero-order valence-electron chi connectivity index (χ0n) is 16.9. The maximum atomic E-state index is 12.6. The van der Waals surface area contributed by atoms with Crippen LogP contribution in [0.5, 0.6) is 0 Å². The fourth-order valence-corrected chi connectivity index (χ4v) is 4.58. The van der Waals surface area contributed by atoms with Gasteiger partial charge in [0.15, 0.2) is 0 Å².